The maximum absolute atomic E-state index is 8.89. The summed E-state index contributed by atoms with van der Waals surface area (Å²) in [7, 11) is 0. The minimum atomic E-state index is -0.00120. The summed E-state index contributed by atoms with van der Waals surface area (Å²) in [6.07, 6.45) is 2.36. The van der Waals surface area contributed by atoms with Gasteiger partial charge in [-0.3, -0.25) is 0 Å². The van der Waals surface area contributed by atoms with E-state index >= 15 is 0 Å². The van der Waals surface area contributed by atoms with Gasteiger partial charge in [-0.05, 0) is 37.8 Å². The smallest absolute Gasteiger partial charge is 0.121 e. The molecule has 2 rings (SSSR count). The molecule has 1 aromatic rings. The van der Waals surface area contributed by atoms with Gasteiger partial charge in [0.15, 0.2) is 0 Å². The molecule has 1 aliphatic rings. The van der Waals surface area contributed by atoms with E-state index < -0.39 is 0 Å². The van der Waals surface area contributed by atoms with Crippen molar-refractivity contribution in [2.45, 2.75) is 25.7 Å². The molecule has 12 heavy (non-hydrogen) atoms. The maximum Gasteiger partial charge on any atom is 0.121 e. The largest absolute Gasteiger partial charge is 0.465 e. The van der Waals surface area contributed by atoms with Crippen molar-refractivity contribution in [3.63, 3.8) is 0 Å². The van der Waals surface area contributed by atoms with E-state index in [0.717, 1.165) is 11.5 Å². The molecule has 1 fully saturated rings. The lowest BCUT2D eigenvalue weighted by Gasteiger charge is -2.01. The Labute approximate surface area is 71.8 Å². The number of furan rings is 1. The Balaban J connectivity index is 2.22. The van der Waals surface area contributed by atoms with Gasteiger partial charge in [-0.25, -0.2) is 0 Å². The standard InChI is InChI=1S/C10H11NO/c1-7-2-5-10(12-7)9(6-11)8-3-4-8/h2,5,8-9H,3-4H2,1H3. The highest BCUT2D eigenvalue weighted by Gasteiger charge is 2.34. The van der Waals surface area contributed by atoms with Crippen LogP contribution in [0.15, 0.2) is 16.5 Å². The molecule has 1 aliphatic carbocycles. The first kappa shape index (κ1) is 7.42. The molecule has 0 bridgehead atoms. The molecule has 1 aromatic heterocycles. The van der Waals surface area contributed by atoms with Crippen LogP contribution >= 0.6 is 0 Å². The van der Waals surface area contributed by atoms with Crippen LogP contribution in [-0.2, 0) is 0 Å². The summed E-state index contributed by atoms with van der Waals surface area (Å²) in [6.45, 7) is 1.91. The summed E-state index contributed by atoms with van der Waals surface area (Å²) in [4.78, 5) is 0. The molecule has 1 atom stereocenters. The van der Waals surface area contributed by atoms with E-state index in [4.69, 9.17) is 9.68 Å². The zero-order chi connectivity index (χ0) is 8.55. The lowest BCUT2D eigenvalue weighted by molar-refractivity contribution is 0.455. The summed E-state index contributed by atoms with van der Waals surface area (Å²) >= 11 is 0. The Morgan fingerprint density at radius 1 is 1.58 bits per heavy atom. The number of nitriles is 1. The van der Waals surface area contributed by atoms with Crippen molar-refractivity contribution in [2.75, 3.05) is 0 Å². The quantitative estimate of drug-likeness (QED) is 0.668. The van der Waals surface area contributed by atoms with Crippen molar-refractivity contribution in [1.29, 1.82) is 5.26 Å². The van der Waals surface area contributed by atoms with Crippen molar-refractivity contribution >= 4 is 0 Å². The van der Waals surface area contributed by atoms with Crippen molar-refractivity contribution in [3.8, 4) is 6.07 Å². The highest BCUT2D eigenvalue weighted by molar-refractivity contribution is 5.20. The first-order chi connectivity index (χ1) is 5.81. The van der Waals surface area contributed by atoms with Gasteiger partial charge in [-0.1, -0.05) is 0 Å². The van der Waals surface area contributed by atoms with Crippen LogP contribution in [0.2, 0.25) is 0 Å². The van der Waals surface area contributed by atoms with Gasteiger partial charge in [0.05, 0.1) is 6.07 Å². The third-order valence-electron chi connectivity index (χ3n) is 2.30. The summed E-state index contributed by atoms with van der Waals surface area (Å²) < 4.78 is 5.42. The molecule has 62 valence electrons. The van der Waals surface area contributed by atoms with E-state index in [0.29, 0.717) is 5.92 Å². The molecule has 2 heteroatoms. The van der Waals surface area contributed by atoms with Crippen LogP contribution in [0.3, 0.4) is 0 Å². The first-order valence-electron chi connectivity index (χ1n) is 4.27. The Morgan fingerprint density at radius 3 is 2.75 bits per heavy atom. The molecular formula is C10H11NO. The third-order valence-corrected chi connectivity index (χ3v) is 2.30. The fourth-order valence-corrected chi connectivity index (χ4v) is 1.45. The second kappa shape index (κ2) is 2.67. The molecule has 1 unspecified atom stereocenters. The van der Waals surface area contributed by atoms with Gasteiger partial charge in [0.1, 0.15) is 17.4 Å². The molecule has 0 radical (unpaired) electrons. The second-order valence-corrected chi connectivity index (χ2v) is 3.39. The molecule has 1 saturated carbocycles. The highest BCUT2D eigenvalue weighted by atomic mass is 16.3. The van der Waals surface area contributed by atoms with Crippen LogP contribution < -0.4 is 0 Å². The van der Waals surface area contributed by atoms with Crippen LogP contribution in [-0.4, -0.2) is 0 Å². The van der Waals surface area contributed by atoms with Crippen molar-refractivity contribution < 1.29 is 4.42 Å². The fourth-order valence-electron chi connectivity index (χ4n) is 1.45. The molecule has 0 saturated heterocycles. The molecule has 2 nitrogen and oxygen atoms in total. The van der Waals surface area contributed by atoms with Crippen molar-refractivity contribution in [1.82, 2.24) is 0 Å². The zero-order valence-corrected chi connectivity index (χ0v) is 7.08. The number of rotatable bonds is 2. The number of aryl methyl sites for hydroxylation is 1. The Hall–Kier alpha value is -1.23. The zero-order valence-electron chi connectivity index (χ0n) is 7.08. The minimum absolute atomic E-state index is 0.00120. The Kier molecular flexibility index (Phi) is 1.65. The monoisotopic (exact) mass is 161 g/mol. The van der Waals surface area contributed by atoms with Crippen LogP contribution in [0.1, 0.15) is 30.3 Å². The SMILES string of the molecule is Cc1ccc(C(C#N)C2CC2)o1. The van der Waals surface area contributed by atoms with Gasteiger partial charge in [-0.2, -0.15) is 5.26 Å². The first-order valence-corrected chi connectivity index (χ1v) is 4.27. The normalized spacial score (nSPS) is 18.7. The van der Waals surface area contributed by atoms with E-state index in [-0.39, 0.29) is 5.92 Å². The van der Waals surface area contributed by atoms with Gasteiger partial charge in [0, 0.05) is 0 Å². The molecular weight excluding hydrogens is 150 g/mol. The van der Waals surface area contributed by atoms with Crippen LogP contribution in [0, 0.1) is 24.2 Å². The topological polar surface area (TPSA) is 36.9 Å². The summed E-state index contributed by atoms with van der Waals surface area (Å²) in [5.41, 5.74) is 0. The minimum Gasteiger partial charge on any atom is -0.465 e. The molecule has 0 N–H and O–H groups in total. The van der Waals surface area contributed by atoms with Gasteiger partial charge in [-0.15, -0.1) is 0 Å². The van der Waals surface area contributed by atoms with E-state index in [1.165, 1.54) is 12.8 Å². The summed E-state index contributed by atoms with van der Waals surface area (Å²) in [5, 5.41) is 8.89. The van der Waals surface area contributed by atoms with Gasteiger partial charge < -0.3 is 4.42 Å². The predicted octanol–water partition coefficient (Wildman–Crippen LogP) is 2.61. The third kappa shape index (κ3) is 1.23. The lowest BCUT2D eigenvalue weighted by atomic mass is 10.0. The van der Waals surface area contributed by atoms with E-state index in [2.05, 4.69) is 6.07 Å². The van der Waals surface area contributed by atoms with E-state index in [1.807, 2.05) is 19.1 Å². The van der Waals surface area contributed by atoms with Crippen LogP contribution in [0.5, 0.6) is 0 Å². The molecule has 0 amide bonds. The van der Waals surface area contributed by atoms with Gasteiger partial charge in [0.25, 0.3) is 0 Å². The summed E-state index contributed by atoms with van der Waals surface area (Å²) in [5.74, 6) is 2.29. The Bertz CT molecular complexity index is 317. The average molecular weight is 161 g/mol. The molecule has 0 aliphatic heterocycles. The van der Waals surface area contributed by atoms with Crippen LogP contribution in [0.4, 0.5) is 0 Å². The maximum atomic E-state index is 8.89. The average Bonchev–Trinajstić information content (AvgIpc) is 2.78. The molecule has 1 heterocycles. The van der Waals surface area contributed by atoms with E-state index in [1.54, 1.807) is 0 Å². The number of hydrogen-bond donors (Lipinski definition) is 0. The van der Waals surface area contributed by atoms with Crippen molar-refractivity contribution in [3.05, 3.63) is 23.7 Å². The highest BCUT2D eigenvalue weighted by Crippen LogP contribution is 2.42. The molecule has 0 spiro atoms. The fraction of sp³-hybridized carbons (Fsp3) is 0.500. The van der Waals surface area contributed by atoms with Gasteiger partial charge >= 0.3 is 0 Å². The lowest BCUT2D eigenvalue weighted by Crippen LogP contribution is -1.95. The van der Waals surface area contributed by atoms with Gasteiger partial charge in [0.2, 0.25) is 0 Å². The Morgan fingerprint density at radius 2 is 2.33 bits per heavy atom. The number of nitrogens with zero attached hydrogens (tertiary/aromatic N) is 1. The molecule has 0 aromatic carbocycles. The predicted molar refractivity (Wildman–Crippen MR) is 44.5 cm³/mol. The second-order valence-electron chi connectivity index (χ2n) is 3.39. The van der Waals surface area contributed by atoms with Crippen LogP contribution in [0.25, 0.3) is 0 Å². The summed E-state index contributed by atoms with van der Waals surface area (Å²) in [6, 6.07) is 6.14. The van der Waals surface area contributed by atoms with E-state index in [9.17, 15) is 0 Å². The number of hydrogen-bond acceptors (Lipinski definition) is 2. The van der Waals surface area contributed by atoms with Crippen molar-refractivity contribution in [2.24, 2.45) is 5.92 Å².